The Morgan fingerprint density at radius 2 is 1.28 bits per heavy atom. The first-order chi connectivity index (χ1) is 18.0. The molecular weight excluding hydrogens is 384 g/mol. The van der Waals surface area contributed by atoms with Crippen LogP contribution in [0.5, 0.6) is 0 Å². The molecule has 4 aromatic carbocycles. The third-order valence-electron chi connectivity index (χ3n) is 7.10. The number of fused-ring (bicyclic) bond motifs is 2. The Hall–Kier alpha value is -3.32. The first-order valence-corrected chi connectivity index (χ1v) is 11.0. The highest BCUT2D eigenvalue weighted by molar-refractivity contribution is 7.07. The molecule has 2 aliphatic heterocycles. The minimum absolute atomic E-state index is 0.0556. The molecule has 0 saturated heterocycles. The van der Waals surface area contributed by atoms with Crippen molar-refractivity contribution in [3.05, 3.63) is 113 Å². The predicted octanol–water partition coefficient (Wildman–Crippen LogP) is 2.04. The van der Waals surface area contributed by atoms with E-state index >= 15 is 0 Å². The predicted molar refractivity (Wildman–Crippen MR) is 139 cm³/mol. The highest BCUT2D eigenvalue weighted by Gasteiger charge is 2.53. The monoisotopic (exact) mass is 416 g/mol. The van der Waals surface area contributed by atoms with Gasteiger partial charge in [0.25, 0.3) is 0 Å². The van der Waals surface area contributed by atoms with Crippen molar-refractivity contribution in [1.82, 2.24) is 0 Å². The molecule has 32 heavy (non-hydrogen) atoms. The summed E-state index contributed by atoms with van der Waals surface area (Å²) in [5.74, 6) is 0. The normalized spacial score (nSPS) is 17.6. The van der Waals surface area contributed by atoms with Crippen molar-refractivity contribution in [1.29, 1.82) is 0 Å². The van der Waals surface area contributed by atoms with Crippen LogP contribution >= 0.6 is 0 Å². The number of hydrogen-bond acceptors (Lipinski definition) is 0. The molecular formula is C29H26B2N+. The molecule has 152 valence electrons. The molecule has 0 N–H and O–H groups in total. The van der Waals surface area contributed by atoms with E-state index in [0.29, 0.717) is 5.46 Å². The van der Waals surface area contributed by atoms with Crippen molar-refractivity contribution in [2.75, 3.05) is 7.05 Å². The Kier molecular flexibility index (Phi) is 3.10. The largest absolute Gasteiger partial charge is 0.553 e. The second-order valence-corrected chi connectivity index (χ2v) is 8.81. The minimum atomic E-state index is -2.46. The molecule has 0 saturated carbocycles. The van der Waals surface area contributed by atoms with Crippen molar-refractivity contribution < 1.29 is 12.7 Å². The molecule has 0 aromatic heterocycles. The molecule has 0 atom stereocenters. The summed E-state index contributed by atoms with van der Waals surface area (Å²) >= 11 is 0. The van der Waals surface area contributed by atoms with Gasteiger partial charge in [-0.15, -0.1) is 0 Å². The van der Waals surface area contributed by atoms with Gasteiger partial charge in [0.1, 0.15) is 7.05 Å². The van der Waals surface area contributed by atoms with Gasteiger partial charge in [0.05, 0.1) is 0 Å². The molecule has 6 rings (SSSR count). The van der Waals surface area contributed by atoms with Crippen molar-refractivity contribution in [2.24, 2.45) is 0 Å². The fourth-order valence-electron chi connectivity index (χ4n) is 5.84. The van der Waals surface area contributed by atoms with Crippen LogP contribution in [0.2, 0.25) is 0 Å². The van der Waals surface area contributed by atoms with Crippen molar-refractivity contribution in [2.45, 2.75) is 20.6 Å². The van der Waals surface area contributed by atoms with Gasteiger partial charge < -0.3 is 4.49 Å². The third-order valence-corrected chi connectivity index (χ3v) is 7.10. The summed E-state index contributed by atoms with van der Waals surface area (Å²) in [4.78, 5) is 0. The molecule has 0 radical (unpaired) electrons. The summed E-state index contributed by atoms with van der Waals surface area (Å²) in [5.41, 5.74) is 9.15. The SMILES string of the molecule is [2H]C([2H])([2H])c1cccc(C([2H])([2H])[2H])c1B1c2cccc(C)c2B2c3c1cccc3C(c1ccccc1)=[N+]2C. The highest BCUT2D eigenvalue weighted by atomic mass is 14.9. The maximum Gasteiger partial charge on any atom is 0.553 e. The Balaban J connectivity index is 1.74. The molecule has 2 aliphatic rings. The zero-order valence-corrected chi connectivity index (χ0v) is 18.2. The number of nitrogens with zero attached hydrogens (tertiary/aromatic N) is 1. The van der Waals surface area contributed by atoms with Crippen LogP contribution in [-0.4, -0.2) is 30.8 Å². The van der Waals surface area contributed by atoms with Gasteiger partial charge in [-0.25, -0.2) is 0 Å². The minimum Gasteiger partial charge on any atom is -0.308 e. The number of benzene rings is 4. The third kappa shape index (κ3) is 2.57. The number of hydrogen-bond donors (Lipinski definition) is 0. The Morgan fingerprint density at radius 1 is 0.656 bits per heavy atom. The molecule has 0 unspecified atom stereocenters. The second kappa shape index (κ2) is 7.10. The molecule has 2 heterocycles. The van der Waals surface area contributed by atoms with E-state index in [2.05, 4.69) is 42.7 Å². The van der Waals surface area contributed by atoms with E-state index in [1.165, 1.54) is 0 Å². The first-order valence-electron chi connectivity index (χ1n) is 14.0. The fourth-order valence-corrected chi connectivity index (χ4v) is 5.84. The quantitative estimate of drug-likeness (QED) is 0.441. The summed E-state index contributed by atoms with van der Waals surface area (Å²) in [6, 6.07) is 27.2. The van der Waals surface area contributed by atoms with E-state index in [1.54, 1.807) is 18.2 Å². The van der Waals surface area contributed by atoms with Gasteiger partial charge in [0.15, 0.2) is 5.71 Å². The molecule has 0 bridgehead atoms. The van der Waals surface area contributed by atoms with Gasteiger partial charge in [0, 0.05) is 30.3 Å². The Bertz CT molecular complexity index is 1590. The summed E-state index contributed by atoms with van der Waals surface area (Å²) in [6.07, 6.45) is 0. The van der Waals surface area contributed by atoms with E-state index in [1.807, 2.05) is 42.5 Å². The Labute approximate surface area is 200 Å². The summed E-state index contributed by atoms with van der Waals surface area (Å²) in [6.45, 7) is -3.43. The zero-order chi connectivity index (χ0) is 27.0. The van der Waals surface area contributed by atoms with Crippen LogP contribution in [0.3, 0.4) is 0 Å². The molecule has 0 amide bonds. The molecule has 3 heteroatoms. The van der Waals surface area contributed by atoms with Crippen LogP contribution in [0.4, 0.5) is 0 Å². The lowest BCUT2D eigenvalue weighted by molar-refractivity contribution is -0.343. The van der Waals surface area contributed by atoms with Gasteiger partial charge in [-0.05, 0) is 44.4 Å². The topological polar surface area (TPSA) is 3.01 Å². The van der Waals surface area contributed by atoms with Crippen molar-refractivity contribution in [3.63, 3.8) is 0 Å². The van der Waals surface area contributed by atoms with E-state index in [-0.39, 0.29) is 18.0 Å². The van der Waals surface area contributed by atoms with Crippen molar-refractivity contribution >= 4 is 46.6 Å². The lowest BCUT2D eigenvalue weighted by Crippen LogP contribution is -2.74. The average molecular weight is 416 g/mol. The second-order valence-electron chi connectivity index (χ2n) is 8.81. The van der Waals surface area contributed by atoms with Crippen LogP contribution in [0.15, 0.2) is 84.9 Å². The lowest BCUT2D eigenvalue weighted by atomic mass is 9.24. The summed E-state index contributed by atoms with van der Waals surface area (Å²) < 4.78 is 52.4. The van der Waals surface area contributed by atoms with Gasteiger partial charge in [-0.2, -0.15) is 0 Å². The Morgan fingerprint density at radius 3 is 2.00 bits per heavy atom. The standard InChI is InChI=1S/C29H26B2N/c1-19-11-8-12-20(2)26(19)30-24-17-9-13-21(3)27(24)31-28-23(16-10-18-25(28)30)29(32(31)4)22-14-6-5-7-15-22/h5-18H,1-4H3/q+1/i1D3,2D3. The van der Waals surface area contributed by atoms with E-state index in [0.717, 1.165) is 44.3 Å². The van der Waals surface area contributed by atoms with Gasteiger partial charge in [0.2, 0.25) is 6.71 Å². The number of aryl methyl sites for hydroxylation is 3. The van der Waals surface area contributed by atoms with Crippen LogP contribution in [0.1, 0.15) is 36.0 Å². The molecule has 1 nitrogen and oxygen atoms in total. The van der Waals surface area contributed by atoms with E-state index < -0.39 is 20.4 Å². The van der Waals surface area contributed by atoms with Gasteiger partial charge >= 0.3 is 6.85 Å². The van der Waals surface area contributed by atoms with Gasteiger partial charge in [-0.1, -0.05) is 94.2 Å². The van der Waals surface area contributed by atoms with Crippen LogP contribution < -0.4 is 27.3 Å². The highest BCUT2D eigenvalue weighted by Crippen LogP contribution is 2.19. The fraction of sp³-hybridized carbons (Fsp3) is 0.138. The van der Waals surface area contributed by atoms with Crippen LogP contribution in [-0.2, 0) is 0 Å². The van der Waals surface area contributed by atoms with Crippen LogP contribution in [0, 0.1) is 20.6 Å². The lowest BCUT2D eigenvalue weighted by Gasteiger charge is -2.29. The number of rotatable bonds is 2. The molecule has 0 aliphatic carbocycles. The summed E-state index contributed by atoms with van der Waals surface area (Å²) in [5, 5.41) is 0. The maximum absolute atomic E-state index is 8.35. The maximum atomic E-state index is 8.35. The van der Waals surface area contributed by atoms with E-state index in [9.17, 15) is 0 Å². The summed E-state index contributed by atoms with van der Waals surface area (Å²) in [7, 11) is 2.11. The smallest absolute Gasteiger partial charge is 0.308 e. The van der Waals surface area contributed by atoms with E-state index in [4.69, 9.17) is 8.22 Å². The average Bonchev–Trinajstić information content (AvgIpc) is 3.16. The molecule has 4 aromatic rings. The molecule has 0 fully saturated rings. The van der Waals surface area contributed by atoms with Crippen molar-refractivity contribution in [3.8, 4) is 0 Å². The first kappa shape index (κ1) is 14.0. The van der Waals surface area contributed by atoms with Crippen LogP contribution in [0.25, 0.3) is 0 Å². The van der Waals surface area contributed by atoms with Gasteiger partial charge in [-0.3, -0.25) is 0 Å². The zero-order valence-electron chi connectivity index (χ0n) is 24.2. The molecule has 0 spiro atoms.